The second-order valence-corrected chi connectivity index (χ2v) is 6.32. The molecule has 1 saturated heterocycles. The predicted molar refractivity (Wildman–Crippen MR) is 82.5 cm³/mol. The van der Waals surface area contributed by atoms with Crippen molar-refractivity contribution >= 4 is 5.97 Å². The van der Waals surface area contributed by atoms with E-state index in [0.29, 0.717) is 31.5 Å². The summed E-state index contributed by atoms with van der Waals surface area (Å²) in [6, 6.07) is 0.568. The molecule has 3 atom stereocenters. The van der Waals surface area contributed by atoms with Crippen LogP contribution in [0.4, 0.5) is 0 Å². The molecule has 1 aliphatic heterocycles. The maximum atomic E-state index is 11.6. The molecule has 1 saturated carbocycles. The number of hydrogen-bond acceptors (Lipinski definition) is 4. The third-order valence-electron chi connectivity index (χ3n) is 5.17. The van der Waals surface area contributed by atoms with Crippen LogP contribution < -0.4 is 5.32 Å². The van der Waals surface area contributed by atoms with Crippen LogP contribution in [0.25, 0.3) is 0 Å². The van der Waals surface area contributed by atoms with Crippen molar-refractivity contribution in [2.75, 3.05) is 26.2 Å². The molecule has 122 valence electrons. The molecule has 0 aromatic rings. The minimum atomic E-state index is -0.754. The van der Waals surface area contributed by atoms with Crippen LogP contribution in [-0.2, 0) is 9.53 Å². The molecule has 0 radical (unpaired) electrons. The maximum Gasteiger partial charge on any atom is 0.323 e. The van der Waals surface area contributed by atoms with Gasteiger partial charge in [0.05, 0.1) is 12.7 Å². The summed E-state index contributed by atoms with van der Waals surface area (Å²) in [5.74, 6) is -0.715. The minimum Gasteiger partial charge on any atom is -0.480 e. The van der Waals surface area contributed by atoms with Crippen LogP contribution in [-0.4, -0.2) is 59.9 Å². The first-order chi connectivity index (χ1) is 10.1. The number of carboxylic acid groups (broad SMARTS) is 1. The summed E-state index contributed by atoms with van der Waals surface area (Å²) in [7, 11) is 0. The van der Waals surface area contributed by atoms with Gasteiger partial charge in [-0.2, -0.15) is 0 Å². The van der Waals surface area contributed by atoms with Gasteiger partial charge in [0.1, 0.15) is 5.54 Å². The van der Waals surface area contributed by atoms with Crippen molar-refractivity contribution in [3.63, 3.8) is 0 Å². The topological polar surface area (TPSA) is 61.8 Å². The summed E-state index contributed by atoms with van der Waals surface area (Å²) >= 11 is 0. The number of aliphatic carboxylic acids is 1. The molecule has 0 aromatic carbocycles. The van der Waals surface area contributed by atoms with Gasteiger partial charge < -0.3 is 15.2 Å². The molecule has 1 aliphatic carbocycles. The van der Waals surface area contributed by atoms with Gasteiger partial charge in [-0.05, 0) is 51.6 Å². The molecule has 2 aliphatic rings. The quantitative estimate of drug-likeness (QED) is 0.716. The molecule has 3 unspecified atom stereocenters. The van der Waals surface area contributed by atoms with Crippen LogP contribution in [0.2, 0.25) is 0 Å². The van der Waals surface area contributed by atoms with Crippen LogP contribution >= 0.6 is 0 Å². The van der Waals surface area contributed by atoms with Gasteiger partial charge in [-0.1, -0.05) is 13.8 Å². The summed E-state index contributed by atoms with van der Waals surface area (Å²) in [5.41, 5.74) is -0.754. The fraction of sp³-hybridized carbons (Fsp3) is 0.938. The highest BCUT2D eigenvalue weighted by molar-refractivity contribution is 5.78. The number of carbonyl (C=O) groups is 1. The van der Waals surface area contributed by atoms with Crippen molar-refractivity contribution in [2.45, 2.75) is 70.1 Å². The van der Waals surface area contributed by atoms with E-state index in [0.717, 1.165) is 26.1 Å². The first-order valence-corrected chi connectivity index (χ1v) is 8.47. The standard InChI is InChI=1S/C16H30N2O3/c1-3-16(15(19)20,17-4-2)9-6-10-18-11-12-21-14-8-5-7-13(14)18/h13-14,17H,3-12H2,1-2H3,(H,19,20). The average molecular weight is 298 g/mol. The largest absolute Gasteiger partial charge is 0.480 e. The van der Waals surface area contributed by atoms with Crippen molar-refractivity contribution in [3.8, 4) is 0 Å². The van der Waals surface area contributed by atoms with Gasteiger partial charge in [-0.25, -0.2) is 0 Å². The summed E-state index contributed by atoms with van der Waals surface area (Å²) in [4.78, 5) is 14.1. The number of morpholine rings is 1. The lowest BCUT2D eigenvalue weighted by atomic mass is 9.90. The van der Waals surface area contributed by atoms with Crippen molar-refractivity contribution in [2.24, 2.45) is 0 Å². The van der Waals surface area contributed by atoms with Crippen LogP contribution in [0, 0.1) is 0 Å². The summed E-state index contributed by atoms with van der Waals surface area (Å²) in [5, 5.41) is 12.7. The Morgan fingerprint density at radius 2 is 2.24 bits per heavy atom. The molecule has 5 heteroatoms. The SMILES string of the molecule is CCNC(CC)(CCCN1CCOC2CCCC21)C(=O)O. The molecule has 2 rings (SSSR count). The van der Waals surface area contributed by atoms with Crippen molar-refractivity contribution < 1.29 is 14.6 Å². The second-order valence-electron chi connectivity index (χ2n) is 6.32. The van der Waals surface area contributed by atoms with E-state index in [4.69, 9.17) is 4.74 Å². The van der Waals surface area contributed by atoms with E-state index in [2.05, 4.69) is 10.2 Å². The Kier molecular flexibility index (Phi) is 6.02. The maximum absolute atomic E-state index is 11.6. The van der Waals surface area contributed by atoms with E-state index in [1.165, 1.54) is 19.3 Å². The molecule has 0 bridgehead atoms. The van der Waals surface area contributed by atoms with E-state index in [9.17, 15) is 9.90 Å². The Bertz CT molecular complexity index is 350. The van der Waals surface area contributed by atoms with Gasteiger partial charge in [0, 0.05) is 12.6 Å². The zero-order valence-electron chi connectivity index (χ0n) is 13.4. The number of fused-ring (bicyclic) bond motifs is 1. The molecule has 2 fully saturated rings. The van der Waals surface area contributed by atoms with E-state index < -0.39 is 11.5 Å². The number of ether oxygens (including phenoxy) is 1. The highest BCUT2D eigenvalue weighted by atomic mass is 16.5. The lowest BCUT2D eigenvalue weighted by molar-refractivity contribution is -0.145. The van der Waals surface area contributed by atoms with Gasteiger partial charge in [-0.3, -0.25) is 9.69 Å². The van der Waals surface area contributed by atoms with Gasteiger partial charge in [0.15, 0.2) is 0 Å². The highest BCUT2D eigenvalue weighted by Gasteiger charge is 2.38. The van der Waals surface area contributed by atoms with Gasteiger partial charge in [0.25, 0.3) is 0 Å². The first kappa shape index (κ1) is 16.7. The molecular weight excluding hydrogens is 268 g/mol. The molecule has 1 heterocycles. The van der Waals surface area contributed by atoms with Crippen LogP contribution in [0.1, 0.15) is 52.4 Å². The summed E-state index contributed by atoms with van der Waals surface area (Å²) < 4.78 is 5.83. The summed E-state index contributed by atoms with van der Waals surface area (Å²) in [6.07, 6.45) is 6.35. The van der Waals surface area contributed by atoms with Gasteiger partial charge in [-0.15, -0.1) is 0 Å². The predicted octanol–water partition coefficient (Wildman–Crippen LogP) is 1.86. The Morgan fingerprint density at radius 1 is 1.43 bits per heavy atom. The van der Waals surface area contributed by atoms with Crippen LogP contribution in [0.3, 0.4) is 0 Å². The molecular formula is C16H30N2O3. The van der Waals surface area contributed by atoms with Crippen molar-refractivity contribution in [1.29, 1.82) is 0 Å². The normalized spacial score (nSPS) is 29.0. The molecule has 2 N–H and O–H groups in total. The Morgan fingerprint density at radius 3 is 2.90 bits per heavy atom. The second kappa shape index (κ2) is 7.56. The van der Waals surface area contributed by atoms with E-state index in [1.807, 2.05) is 13.8 Å². The van der Waals surface area contributed by atoms with Crippen LogP contribution in [0.15, 0.2) is 0 Å². The summed E-state index contributed by atoms with van der Waals surface area (Å²) in [6.45, 7) is 7.44. The fourth-order valence-electron chi connectivity index (χ4n) is 3.93. The third kappa shape index (κ3) is 3.76. The third-order valence-corrected chi connectivity index (χ3v) is 5.17. The average Bonchev–Trinajstić information content (AvgIpc) is 2.95. The van der Waals surface area contributed by atoms with E-state index in [-0.39, 0.29) is 0 Å². The molecule has 21 heavy (non-hydrogen) atoms. The smallest absolute Gasteiger partial charge is 0.323 e. The molecule has 0 spiro atoms. The molecule has 0 amide bonds. The number of nitrogens with one attached hydrogen (secondary N) is 1. The number of likely N-dealkylation sites (N-methyl/N-ethyl adjacent to an activating group) is 1. The Labute approximate surface area is 128 Å². The van der Waals surface area contributed by atoms with E-state index in [1.54, 1.807) is 0 Å². The van der Waals surface area contributed by atoms with Crippen molar-refractivity contribution in [3.05, 3.63) is 0 Å². The zero-order chi connectivity index (χ0) is 15.3. The first-order valence-electron chi connectivity index (χ1n) is 8.47. The number of rotatable bonds is 8. The Balaban J connectivity index is 1.85. The number of hydrogen-bond donors (Lipinski definition) is 2. The highest BCUT2D eigenvalue weighted by Crippen LogP contribution is 2.30. The lowest BCUT2D eigenvalue weighted by Crippen LogP contribution is -2.53. The van der Waals surface area contributed by atoms with E-state index >= 15 is 0 Å². The fourth-order valence-corrected chi connectivity index (χ4v) is 3.93. The number of nitrogens with zero attached hydrogens (tertiary/aromatic N) is 1. The zero-order valence-corrected chi connectivity index (χ0v) is 13.4. The monoisotopic (exact) mass is 298 g/mol. The lowest BCUT2D eigenvalue weighted by Gasteiger charge is -2.38. The minimum absolute atomic E-state index is 0.419. The molecule has 0 aromatic heterocycles. The Hall–Kier alpha value is -0.650. The molecule has 5 nitrogen and oxygen atoms in total. The van der Waals surface area contributed by atoms with Crippen molar-refractivity contribution in [1.82, 2.24) is 10.2 Å². The van der Waals surface area contributed by atoms with Crippen LogP contribution in [0.5, 0.6) is 0 Å². The van der Waals surface area contributed by atoms with Gasteiger partial charge >= 0.3 is 5.97 Å². The number of carboxylic acids is 1. The van der Waals surface area contributed by atoms with Gasteiger partial charge in [0.2, 0.25) is 0 Å².